The molecule has 0 aliphatic rings. The first-order chi connectivity index (χ1) is 24.8. The molecule has 0 saturated carbocycles. The Kier molecular flexibility index (Phi) is 37.0. The van der Waals surface area contributed by atoms with Crippen LogP contribution in [0.2, 0.25) is 0 Å². The van der Waals surface area contributed by atoms with Gasteiger partial charge >= 0.3 is 6.09 Å². The monoisotopic (exact) mass is 741 g/mol. The van der Waals surface area contributed by atoms with Gasteiger partial charge in [-0.15, -0.1) is 0 Å². The van der Waals surface area contributed by atoms with Crippen LogP contribution in [0, 0.1) is 0 Å². The van der Waals surface area contributed by atoms with E-state index in [1.807, 2.05) is 20.8 Å². The Hall–Kier alpha value is -2.39. The highest BCUT2D eigenvalue weighted by molar-refractivity contribution is 5.75. The Bertz CT molecular complexity index is 835. The summed E-state index contributed by atoms with van der Waals surface area (Å²) in [6, 6.07) is 0. The summed E-state index contributed by atoms with van der Waals surface area (Å²) < 4.78 is 64.5. The molecule has 0 heterocycles. The van der Waals surface area contributed by atoms with Crippen molar-refractivity contribution in [3.05, 3.63) is 10.4 Å². The van der Waals surface area contributed by atoms with Gasteiger partial charge in [-0.2, -0.15) is 0 Å². The van der Waals surface area contributed by atoms with Crippen LogP contribution in [0.4, 0.5) is 4.79 Å². The summed E-state index contributed by atoms with van der Waals surface area (Å²) >= 11 is 0. The molecule has 0 aromatic rings. The van der Waals surface area contributed by atoms with Crippen molar-refractivity contribution >= 4 is 12.0 Å². The van der Waals surface area contributed by atoms with Crippen molar-refractivity contribution < 1.29 is 66.4 Å². The minimum atomic E-state index is -0.522. The summed E-state index contributed by atoms with van der Waals surface area (Å²) in [5, 5.41) is 8.77. The molecule has 300 valence electrons. The molecule has 0 fully saturated rings. The van der Waals surface area contributed by atoms with Crippen LogP contribution in [0.5, 0.6) is 0 Å². The van der Waals surface area contributed by atoms with Crippen molar-refractivity contribution in [1.29, 1.82) is 0 Å². The van der Waals surface area contributed by atoms with Crippen molar-refractivity contribution in [2.75, 3.05) is 165 Å². The SMILES string of the molecule is CC(C)(C)OC(=O)NCCOCCOCCOCCOCCOCCNC(=O)CCOCCOCCOCCOCCOCCOCCN=[N+]=[N-]. The minimum absolute atomic E-state index is 0.105. The number of amides is 2. The number of ether oxygens (including phenoxy) is 12. The van der Waals surface area contributed by atoms with E-state index in [2.05, 4.69) is 20.7 Å². The molecule has 2 amide bonds. The van der Waals surface area contributed by atoms with Crippen LogP contribution in [-0.4, -0.2) is 183 Å². The van der Waals surface area contributed by atoms with Crippen molar-refractivity contribution in [2.24, 2.45) is 5.11 Å². The van der Waals surface area contributed by atoms with Gasteiger partial charge in [-0.25, -0.2) is 4.79 Å². The Morgan fingerprint density at radius 2 is 0.804 bits per heavy atom. The fraction of sp³-hybridized carbons (Fsp3) is 0.938. The zero-order chi connectivity index (χ0) is 37.4. The lowest BCUT2D eigenvalue weighted by Gasteiger charge is -2.19. The van der Waals surface area contributed by atoms with E-state index in [0.717, 1.165) is 0 Å². The van der Waals surface area contributed by atoms with Gasteiger partial charge < -0.3 is 67.5 Å². The molecule has 19 nitrogen and oxygen atoms in total. The Balaban J connectivity index is 3.20. The van der Waals surface area contributed by atoms with Crippen LogP contribution in [0.15, 0.2) is 5.11 Å². The summed E-state index contributed by atoms with van der Waals surface area (Å²) in [7, 11) is 0. The number of alkyl carbamates (subject to hydrolysis) is 1. The maximum Gasteiger partial charge on any atom is 0.407 e. The predicted octanol–water partition coefficient (Wildman–Crippen LogP) is 1.51. The van der Waals surface area contributed by atoms with Gasteiger partial charge in [0, 0.05) is 31.0 Å². The number of rotatable bonds is 39. The van der Waals surface area contributed by atoms with Crippen LogP contribution in [0.1, 0.15) is 27.2 Å². The average Bonchev–Trinajstić information content (AvgIpc) is 3.09. The number of nitrogens with zero attached hydrogens (tertiary/aromatic N) is 3. The van der Waals surface area contributed by atoms with E-state index in [9.17, 15) is 9.59 Å². The second kappa shape index (κ2) is 38.8. The molecule has 0 bridgehead atoms. The lowest BCUT2D eigenvalue weighted by atomic mass is 10.2. The molecular formula is C32H63N5O14. The lowest BCUT2D eigenvalue weighted by molar-refractivity contribution is -0.122. The maximum atomic E-state index is 11.9. The number of hydrogen-bond donors (Lipinski definition) is 2. The van der Waals surface area contributed by atoms with Gasteiger partial charge in [0.2, 0.25) is 5.91 Å². The van der Waals surface area contributed by atoms with Crippen LogP contribution in [0.3, 0.4) is 0 Å². The molecule has 0 rings (SSSR count). The van der Waals surface area contributed by atoms with Crippen LogP contribution >= 0.6 is 0 Å². The first kappa shape index (κ1) is 48.6. The standard InChI is InChI=1S/C32H63N5O14/c1-32(2,3)51-31(39)35-6-10-42-14-18-46-22-26-49-25-21-45-17-13-41-9-5-34-30(38)4-8-40-12-16-44-20-24-48-28-29-50-27-23-47-19-15-43-11-7-36-37-33/h4-29H2,1-3H3,(H,34,38)(H,35,39). The molecule has 0 aromatic heterocycles. The van der Waals surface area contributed by atoms with Crippen molar-refractivity contribution in [1.82, 2.24) is 10.6 Å². The molecule has 0 saturated heterocycles. The molecule has 51 heavy (non-hydrogen) atoms. The smallest absolute Gasteiger partial charge is 0.407 e. The van der Waals surface area contributed by atoms with E-state index in [4.69, 9.17) is 62.4 Å². The third-order valence-corrected chi connectivity index (χ3v) is 5.70. The molecule has 0 atom stereocenters. The topological polar surface area (TPSA) is 218 Å². The fourth-order valence-electron chi connectivity index (χ4n) is 3.39. The molecule has 0 aromatic carbocycles. The van der Waals surface area contributed by atoms with E-state index in [1.54, 1.807) is 0 Å². The minimum Gasteiger partial charge on any atom is -0.444 e. The van der Waals surface area contributed by atoms with Crippen LogP contribution < -0.4 is 10.6 Å². The normalized spacial score (nSPS) is 11.4. The zero-order valence-corrected chi connectivity index (χ0v) is 30.9. The molecule has 0 aliphatic heterocycles. The molecule has 0 radical (unpaired) electrons. The fourth-order valence-corrected chi connectivity index (χ4v) is 3.39. The van der Waals surface area contributed by atoms with Crippen molar-refractivity contribution in [3.8, 4) is 0 Å². The molecule has 2 N–H and O–H groups in total. The summed E-state index contributed by atoms with van der Waals surface area (Å²) in [4.78, 5) is 26.0. The number of hydrogen-bond acceptors (Lipinski definition) is 15. The number of carbonyl (C=O) groups is 2. The predicted molar refractivity (Wildman–Crippen MR) is 185 cm³/mol. The third kappa shape index (κ3) is 43.7. The van der Waals surface area contributed by atoms with Gasteiger partial charge in [0.05, 0.1) is 145 Å². The summed E-state index contributed by atoms with van der Waals surface area (Å²) in [5.41, 5.74) is 7.62. The highest BCUT2D eigenvalue weighted by atomic mass is 16.6. The van der Waals surface area contributed by atoms with E-state index in [0.29, 0.717) is 165 Å². The van der Waals surface area contributed by atoms with E-state index < -0.39 is 11.7 Å². The quantitative estimate of drug-likeness (QED) is 0.0395. The van der Waals surface area contributed by atoms with Crippen LogP contribution in [0.25, 0.3) is 10.4 Å². The van der Waals surface area contributed by atoms with E-state index in [-0.39, 0.29) is 12.3 Å². The highest BCUT2D eigenvalue weighted by Crippen LogP contribution is 2.06. The summed E-state index contributed by atoms with van der Waals surface area (Å²) in [6.07, 6.45) is -0.202. The first-order valence-electron chi connectivity index (χ1n) is 17.4. The van der Waals surface area contributed by atoms with E-state index >= 15 is 0 Å². The van der Waals surface area contributed by atoms with Crippen molar-refractivity contribution in [3.63, 3.8) is 0 Å². The Labute approximate surface area is 302 Å². The van der Waals surface area contributed by atoms with Gasteiger partial charge in [0.15, 0.2) is 0 Å². The first-order valence-corrected chi connectivity index (χ1v) is 17.4. The summed E-state index contributed by atoms with van der Waals surface area (Å²) in [5.74, 6) is -0.105. The zero-order valence-electron chi connectivity index (χ0n) is 30.9. The van der Waals surface area contributed by atoms with Crippen LogP contribution in [-0.2, 0) is 61.6 Å². The molecular weight excluding hydrogens is 678 g/mol. The third-order valence-electron chi connectivity index (χ3n) is 5.70. The lowest BCUT2D eigenvalue weighted by Crippen LogP contribution is -2.34. The second-order valence-corrected chi connectivity index (χ2v) is 11.2. The number of azide groups is 1. The van der Waals surface area contributed by atoms with Gasteiger partial charge in [-0.1, -0.05) is 5.11 Å². The molecule has 0 aliphatic carbocycles. The van der Waals surface area contributed by atoms with Gasteiger partial charge in [-0.05, 0) is 26.3 Å². The molecule has 0 unspecified atom stereocenters. The summed E-state index contributed by atoms with van der Waals surface area (Å²) in [6.45, 7) is 16.0. The largest absolute Gasteiger partial charge is 0.444 e. The highest BCUT2D eigenvalue weighted by Gasteiger charge is 2.15. The molecule has 0 spiro atoms. The number of nitrogens with one attached hydrogen (secondary N) is 2. The van der Waals surface area contributed by atoms with Gasteiger partial charge in [0.25, 0.3) is 0 Å². The van der Waals surface area contributed by atoms with Gasteiger partial charge in [-0.3, -0.25) is 4.79 Å². The van der Waals surface area contributed by atoms with Gasteiger partial charge in [0.1, 0.15) is 5.60 Å². The van der Waals surface area contributed by atoms with Crippen molar-refractivity contribution in [2.45, 2.75) is 32.8 Å². The Morgan fingerprint density at radius 1 is 0.490 bits per heavy atom. The Morgan fingerprint density at radius 3 is 1.16 bits per heavy atom. The van der Waals surface area contributed by atoms with E-state index in [1.165, 1.54) is 0 Å². The molecule has 19 heteroatoms. The second-order valence-electron chi connectivity index (χ2n) is 11.2. The number of carbonyl (C=O) groups excluding carboxylic acids is 2. The average molecular weight is 742 g/mol. The maximum absolute atomic E-state index is 11.9.